The topological polar surface area (TPSA) is 50.9 Å². The molecule has 0 radical (unpaired) electrons. The maximum Gasteiger partial charge on any atom is 0.186 e. The van der Waals surface area contributed by atoms with E-state index in [1.165, 1.54) is 16.7 Å². The van der Waals surface area contributed by atoms with E-state index in [4.69, 9.17) is 10.7 Å². The standard InChI is InChI=1S/C6H11N3S/c1-5(2)9(4-7)6(8)10-3/h5,8H,1-3H3. The molecule has 1 N–H and O–H groups in total. The fourth-order valence-corrected chi connectivity index (χ4v) is 0.942. The van der Waals surface area contributed by atoms with E-state index in [9.17, 15) is 0 Å². The van der Waals surface area contributed by atoms with Crippen LogP contribution >= 0.6 is 11.8 Å². The van der Waals surface area contributed by atoms with Gasteiger partial charge >= 0.3 is 0 Å². The van der Waals surface area contributed by atoms with Gasteiger partial charge in [-0.25, -0.2) is 0 Å². The van der Waals surface area contributed by atoms with Crippen LogP contribution in [0.15, 0.2) is 0 Å². The first-order valence-corrected chi connectivity index (χ1v) is 4.17. The molecule has 0 heterocycles. The minimum Gasteiger partial charge on any atom is -0.278 e. The molecule has 0 aliphatic carbocycles. The van der Waals surface area contributed by atoms with Gasteiger partial charge in [0.25, 0.3) is 0 Å². The molecule has 0 fully saturated rings. The molecule has 56 valence electrons. The number of nitriles is 1. The average molecular weight is 157 g/mol. The first-order chi connectivity index (χ1) is 4.63. The van der Waals surface area contributed by atoms with Gasteiger partial charge in [0.2, 0.25) is 0 Å². The maximum atomic E-state index is 8.52. The zero-order valence-electron chi connectivity index (χ0n) is 6.38. The molecule has 0 aromatic carbocycles. The normalized spacial score (nSPS) is 9.10. The van der Waals surface area contributed by atoms with Crippen LogP contribution in [0.1, 0.15) is 13.8 Å². The van der Waals surface area contributed by atoms with Crippen LogP contribution in [0.5, 0.6) is 0 Å². The summed E-state index contributed by atoms with van der Waals surface area (Å²) in [6.45, 7) is 3.77. The van der Waals surface area contributed by atoms with E-state index in [0.29, 0.717) is 5.17 Å². The van der Waals surface area contributed by atoms with E-state index in [-0.39, 0.29) is 6.04 Å². The van der Waals surface area contributed by atoms with Crippen molar-refractivity contribution in [3.8, 4) is 6.19 Å². The van der Waals surface area contributed by atoms with Gasteiger partial charge < -0.3 is 0 Å². The van der Waals surface area contributed by atoms with Gasteiger partial charge in [-0.15, -0.1) is 0 Å². The van der Waals surface area contributed by atoms with Crippen LogP contribution in [0.25, 0.3) is 0 Å². The highest BCUT2D eigenvalue weighted by Gasteiger charge is 2.10. The Morgan fingerprint density at radius 3 is 2.30 bits per heavy atom. The third kappa shape index (κ3) is 2.28. The molecule has 0 aromatic rings. The van der Waals surface area contributed by atoms with Crippen molar-refractivity contribution in [1.29, 1.82) is 10.7 Å². The van der Waals surface area contributed by atoms with Crippen LogP contribution in [0, 0.1) is 16.9 Å². The van der Waals surface area contributed by atoms with Gasteiger partial charge in [0, 0.05) is 6.04 Å². The predicted molar refractivity (Wildman–Crippen MR) is 43.8 cm³/mol. The van der Waals surface area contributed by atoms with Gasteiger partial charge in [-0.1, -0.05) is 11.8 Å². The molecule has 3 nitrogen and oxygen atoms in total. The summed E-state index contributed by atoms with van der Waals surface area (Å²) < 4.78 is 0. The average Bonchev–Trinajstić information content (AvgIpc) is 1.88. The monoisotopic (exact) mass is 157 g/mol. The van der Waals surface area contributed by atoms with Crippen LogP contribution in [-0.2, 0) is 0 Å². The number of nitrogens with one attached hydrogen (secondary N) is 1. The largest absolute Gasteiger partial charge is 0.278 e. The summed E-state index contributed by atoms with van der Waals surface area (Å²) in [6, 6.07) is 0.0879. The summed E-state index contributed by atoms with van der Waals surface area (Å²) in [5.41, 5.74) is 0. The van der Waals surface area contributed by atoms with Crippen molar-refractivity contribution in [2.75, 3.05) is 6.26 Å². The maximum absolute atomic E-state index is 8.52. The SMILES string of the molecule is CSC(=N)N(C#N)C(C)C. The fraction of sp³-hybridized carbons (Fsp3) is 0.667. The molecule has 0 saturated heterocycles. The summed E-state index contributed by atoms with van der Waals surface area (Å²) in [5, 5.41) is 16.1. The van der Waals surface area contributed by atoms with Gasteiger partial charge in [0.1, 0.15) is 0 Å². The number of thioether (sulfide) groups is 1. The van der Waals surface area contributed by atoms with E-state index in [1.54, 1.807) is 6.26 Å². The second-order valence-corrected chi connectivity index (χ2v) is 2.87. The zero-order valence-corrected chi connectivity index (χ0v) is 7.20. The van der Waals surface area contributed by atoms with Crippen LogP contribution in [-0.4, -0.2) is 22.4 Å². The molecular weight excluding hydrogens is 146 g/mol. The number of hydrogen-bond acceptors (Lipinski definition) is 3. The minimum absolute atomic E-state index is 0.0879. The minimum atomic E-state index is 0.0879. The quantitative estimate of drug-likeness (QED) is 0.271. The van der Waals surface area contributed by atoms with E-state index in [2.05, 4.69) is 0 Å². The lowest BCUT2D eigenvalue weighted by molar-refractivity contribution is 0.480. The van der Waals surface area contributed by atoms with Gasteiger partial charge in [0.15, 0.2) is 11.4 Å². The van der Waals surface area contributed by atoms with E-state index < -0.39 is 0 Å². The number of nitrogens with zero attached hydrogens (tertiary/aromatic N) is 2. The molecule has 0 aliphatic rings. The molecule has 0 aliphatic heterocycles. The summed E-state index contributed by atoms with van der Waals surface area (Å²) in [4.78, 5) is 1.37. The highest BCUT2D eigenvalue weighted by atomic mass is 32.2. The van der Waals surface area contributed by atoms with Gasteiger partial charge in [-0.3, -0.25) is 10.3 Å². The second kappa shape index (κ2) is 4.18. The van der Waals surface area contributed by atoms with Crippen molar-refractivity contribution in [2.45, 2.75) is 19.9 Å². The van der Waals surface area contributed by atoms with Crippen molar-refractivity contribution < 1.29 is 0 Å². The Morgan fingerprint density at radius 1 is 1.70 bits per heavy atom. The first-order valence-electron chi connectivity index (χ1n) is 2.95. The molecule has 0 bridgehead atoms. The van der Waals surface area contributed by atoms with Crippen LogP contribution < -0.4 is 0 Å². The summed E-state index contributed by atoms with van der Waals surface area (Å²) in [6.07, 6.45) is 3.73. The first kappa shape index (κ1) is 9.31. The molecule has 4 heteroatoms. The Labute approximate surface area is 65.5 Å². The Bertz CT molecular complexity index is 159. The van der Waals surface area contributed by atoms with E-state index >= 15 is 0 Å². The third-order valence-electron chi connectivity index (χ3n) is 1.04. The lowest BCUT2D eigenvalue weighted by Crippen LogP contribution is -2.29. The Hall–Kier alpha value is -0.690. The van der Waals surface area contributed by atoms with E-state index in [1.807, 2.05) is 20.0 Å². The van der Waals surface area contributed by atoms with E-state index in [0.717, 1.165) is 0 Å². The highest BCUT2D eigenvalue weighted by molar-refractivity contribution is 8.13. The van der Waals surface area contributed by atoms with Crippen LogP contribution in [0.3, 0.4) is 0 Å². The van der Waals surface area contributed by atoms with Gasteiger partial charge in [-0.2, -0.15) is 5.26 Å². The molecular formula is C6H11N3S. The lowest BCUT2D eigenvalue weighted by atomic mass is 10.4. The lowest BCUT2D eigenvalue weighted by Gasteiger charge is -2.17. The summed E-state index contributed by atoms with van der Waals surface area (Å²) in [5.74, 6) is 0. The number of amidine groups is 1. The number of rotatable bonds is 1. The van der Waals surface area contributed by atoms with Gasteiger partial charge in [0.05, 0.1) is 0 Å². The Kier molecular flexibility index (Phi) is 3.89. The molecule has 0 saturated carbocycles. The van der Waals surface area contributed by atoms with Crippen molar-refractivity contribution in [1.82, 2.24) is 4.90 Å². The molecule has 0 unspecified atom stereocenters. The highest BCUT2D eigenvalue weighted by Crippen LogP contribution is 2.05. The van der Waals surface area contributed by atoms with Crippen molar-refractivity contribution in [2.24, 2.45) is 0 Å². The number of hydrogen-bond donors (Lipinski definition) is 1. The summed E-state index contributed by atoms with van der Waals surface area (Å²) in [7, 11) is 0. The van der Waals surface area contributed by atoms with Crippen LogP contribution in [0.4, 0.5) is 0 Å². The smallest absolute Gasteiger partial charge is 0.186 e. The van der Waals surface area contributed by atoms with Gasteiger partial charge in [-0.05, 0) is 20.1 Å². The van der Waals surface area contributed by atoms with Crippen molar-refractivity contribution in [3.05, 3.63) is 0 Å². The molecule has 0 atom stereocenters. The molecule has 0 rings (SSSR count). The molecule has 0 aromatic heterocycles. The van der Waals surface area contributed by atoms with Crippen molar-refractivity contribution in [3.63, 3.8) is 0 Å². The predicted octanol–water partition coefficient (Wildman–Crippen LogP) is 1.48. The Balaban J connectivity index is 4.11. The Morgan fingerprint density at radius 2 is 2.20 bits per heavy atom. The molecule has 0 spiro atoms. The summed E-state index contributed by atoms with van der Waals surface area (Å²) >= 11 is 1.27. The second-order valence-electron chi connectivity index (χ2n) is 2.07. The third-order valence-corrected chi connectivity index (χ3v) is 1.62. The molecule has 0 amide bonds. The molecule has 10 heavy (non-hydrogen) atoms. The van der Waals surface area contributed by atoms with Crippen LogP contribution in [0.2, 0.25) is 0 Å². The van der Waals surface area contributed by atoms with Crippen molar-refractivity contribution >= 4 is 16.9 Å². The fourth-order valence-electron chi connectivity index (χ4n) is 0.494. The zero-order chi connectivity index (χ0) is 8.15.